The smallest absolute Gasteiger partial charge is 0.311 e. The van der Waals surface area contributed by atoms with Crippen LogP contribution in [0, 0.1) is 5.92 Å². The van der Waals surface area contributed by atoms with Crippen molar-refractivity contribution in [2.45, 2.75) is 20.3 Å². The molecular formula is C24H25NO3. The van der Waals surface area contributed by atoms with Crippen molar-refractivity contribution in [1.29, 1.82) is 0 Å². The number of ether oxygens (including phenoxy) is 1. The summed E-state index contributed by atoms with van der Waals surface area (Å²) in [6.45, 7) is 3.92. The van der Waals surface area contributed by atoms with E-state index in [1.165, 1.54) is 6.92 Å². The van der Waals surface area contributed by atoms with E-state index in [4.69, 9.17) is 4.74 Å². The Labute approximate surface area is 165 Å². The van der Waals surface area contributed by atoms with Gasteiger partial charge in [0, 0.05) is 18.9 Å². The van der Waals surface area contributed by atoms with Gasteiger partial charge in [0.05, 0.1) is 18.2 Å². The van der Waals surface area contributed by atoms with Crippen LogP contribution in [-0.4, -0.2) is 25.0 Å². The van der Waals surface area contributed by atoms with Gasteiger partial charge >= 0.3 is 5.97 Å². The Balaban J connectivity index is 1.95. The lowest BCUT2D eigenvalue weighted by molar-refractivity contribution is -0.147. The van der Waals surface area contributed by atoms with Crippen molar-refractivity contribution < 1.29 is 14.3 Å². The van der Waals surface area contributed by atoms with E-state index in [1.807, 2.05) is 72.8 Å². The zero-order valence-corrected chi connectivity index (χ0v) is 16.3. The normalized spacial score (nSPS) is 11.8. The van der Waals surface area contributed by atoms with E-state index in [0.29, 0.717) is 13.0 Å². The molecule has 0 N–H and O–H groups in total. The molecule has 0 fully saturated rings. The summed E-state index contributed by atoms with van der Waals surface area (Å²) in [6, 6.07) is 23.6. The van der Waals surface area contributed by atoms with Crippen LogP contribution in [0.15, 0.2) is 72.8 Å². The molecule has 0 aliphatic rings. The molecule has 0 aliphatic carbocycles. The monoisotopic (exact) mass is 375 g/mol. The van der Waals surface area contributed by atoms with Gasteiger partial charge in [0.15, 0.2) is 0 Å². The maximum atomic E-state index is 12.6. The van der Waals surface area contributed by atoms with Crippen LogP contribution in [-0.2, 0) is 20.7 Å². The largest absolute Gasteiger partial charge is 0.466 e. The van der Waals surface area contributed by atoms with E-state index in [2.05, 4.69) is 0 Å². The van der Waals surface area contributed by atoms with Crippen molar-refractivity contribution >= 4 is 28.3 Å². The molecule has 3 aromatic carbocycles. The summed E-state index contributed by atoms with van der Waals surface area (Å²) < 4.78 is 5.30. The lowest BCUT2D eigenvalue weighted by atomic mass is 9.98. The first kappa shape index (κ1) is 19.6. The zero-order chi connectivity index (χ0) is 19.9. The number of anilines is 1. The summed E-state index contributed by atoms with van der Waals surface area (Å²) in [5.74, 6) is -0.818. The Morgan fingerprint density at radius 2 is 1.61 bits per heavy atom. The first-order valence-corrected chi connectivity index (χ1v) is 9.56. The molecule has 0 saturated heterocycles. The molecule has 0 bridgehead atoms. The number of hydrogen-bond acceptors (Lipinski definition) is 3. The number of carbonyl (C=O) groups excluding carboxylic acids is 2. The summed E-state index contributed by atoms with van der Waals surface area (Å²) in [6.07, 6.45) is 0.522. The Morgan fingerprint density at radius 1 is 0.929 bits per heavy atom. The van der Waals surface area contributed by atoms with E-state index in [0.717, 1.165) is 22.0 Å². The van der Waals surface area contributed by atoms with Crippen molar-refractivity contribution in [2.75, 3.05) is 18.1 Å². The lowest BCUT2D eigenvalue weighted by Crippen LogP contribution is -2.38. The maximum absolute atomic E-state index is 12.6. The summed E-state index contributed by atoms with van der Waals surface area (Å²) in [5, 5.41) is 2.05. The van der Waals surface area contributed by atoms with E-state index in [9.17, 15) is 9.59 Å². The molecule has 0 aromatic heterocycles. The molecule has 0 aliphatic heterocycles. The molecule has 28 heavy (non-hydrogen) atoms. The molecule has 0 spiro atoms. The van der Waals surface area contributed by atoms with Gasteiger partial charge in [0.1, 0.15) is 0 Å². The van der Waals surface area contributed by atoms with E-state index in [-0.39, 0.29) is 18.4 Å². The minimum Gasteiger partial charge on any atom is -0.466 e. The topological polar surface area (TPSA) is 46.6 Å². The molecule has 0 heterocycles. The molecule has 0 saturated carbocycles. The molecule has 144 valence electrons. The van der Waals surface area contributed by atoms with Crippen LogP contribution in [0.2, 0.25) is 0 Å². The van der Waals surface area contributed by atoms with E-state index in [1.54, 1.807) is 11.8 Å². The van der Waals surface area contributed by atoms with Gasteiger partial charge in [-0.15, -0.1) is 0 Å². The molecule has 1 amide bonds. The molecule has 1 atom stereocenters. The Morgan fingerprint density at radius 3 is 2.32 bits per heavy atom. The van der Waals surface area contributed by atoms with Gasteiger partial charge in [-0.25, -0.2) is 0 Å². The SMILES string of the molecule is CCOC(=O)C(Cc1ccccc1)CN(C(C)=O)c1cccc2ccccc12. The summed E-state index contributed by atoms with van der Waals surface area (Å²) in [7, 11) is 0. The van der Waals surface area contributed by atoms with Crippen molar-refractivity contribution in [3.8, 4) is 0 Å². The van der Waals surface area contributed by atoms with Gasteiger partial charge in [0.25, 0.3) is 0 Å². The molecule has 3 rings (SSSR count). The third-order valence-electron chi connectivity index (χ3n) is 4.79. The standard InChI is InChI=1S/C24H25NO3/c1-3-28-24(27)21(16-19-10-5-4-6-11-19)17-25(18(2)26)23-15-9-13-20-12-7-8-14-22(20)23/h4-15,21H,3,16-17H2,1-2H3. The second-order valence-electron chi connectivity index (χ2n) is 6.77. The number of esters is 1. The quantitative estimate of drug-likeness (QED) is 0.566. The minimum atomic E-state index is -0.440. The average Bonchev–Trinajstić information content (AvgIpc) is 2.71. The number of hydrogen-bond donors (Lipinski definition) is 0. The highest BCUT2D eigenvalue weighted by molar-refractivity contribution is 6.03. The highest BCUT2D eigenvalue weighted by Gasteiger charge is 2.26. The maximum Gasteiger partial charge on any atom is 0.311 e. The minimum absolute atomic E-state index is 0.0984. The van der Waals surface area contributed by atoms with Crippen molar-refractivity contribution in [3.63, 3.8) is 0 Å². The highest BCUT2D eigenvalue weighted by atomic mass is 16.5. The van der Waals surface area contributed by atoms with Crippen LogP contribution in [0.5, 0.6) is 0 Å². The van der Waals surface area contributed by atoms with Crippen LogP contribution in [0.25, 0.3) is 10.8 Å². The van der Waals surface area contributed by atoms with Gasteiger partial charge in [-0.3, -0.25) is 9.59 Å². The lowest BCUT2D eigenvalue weighted by Gasteiger charge is -2.27. The number of nitrogens with zero attached hydrogens (tertiary/aromatic N) is 1. The number of fused-ring (bicyclic) bond motifs is 1. The zero-order valence-electron chi connectivity index (χ0n) is 16.3. The molecule has 1 unspecified atom stereocenters. The Hall–Kier alpha value is -3.14. The van der Waals surface area contributed by atoms with E-state index < -0.39 is 5.92 Å². The van der Waals surface area contributed by atoms with Crippen molar-refractivity contribution in [1.82, 2.24) is 0 Å². The number of carbonyl (C=O) groups is 2. The molecular weight excluding hydrogens is 350 g/mol. The van der Waals surface area contributed by atoms with Crippen LogP contribution >= 0.6 is 0 Å². The third kappa shape index (κ3) is 4.58. The molecule has 0 radical (unpaired) electrons. The van der Waals surface area contributed by atoms with Gasteiger partial charge < -0.3 is 9.64 Å². The molecule has 4 nitrogen and oxygen atoms in total. The van der Waals surface area contributed by atoms with Crippen molar-refractivity contribution in [3.05, 3.63) is 78.4 Å². The molecule has 4 heteroatoms. The van der Waals surface area contributed by atoms with E-state index >= 15 is 0 Å². The first-order valence-electron chi connectivity index (χ1n) is 9.56. The van der Waals surface area contributed by atoms with Gasteiger partial charge in [-0.2, -0.15) is 0 Å². The van der Waals surface area contributed by atoms with Crippen molar-refractivity contribution in [2.24, 2.45) is 5.92 Å². The second kappa shape index (κ2) is 9.18. The fourth-order valence-corrected chi connectivity index (χ4v) is 3.44. The third-order valence-corrected chi connectivity index (χ3v) is 4.79. The fourth-order valence-electron chi connectivity index (χ4n) is 3.44. The molecule has 3 aromatic rings. The summed E-state index contributed by atoms with van der Waals surface area (Å²) in [4.78, 5) is 26.9. The number of benzene rings is 3. The number of amides is 1. The van der Waals surface area contributed by atoms with Gasteiger partial charge in [0.2, 0.25) is 5.91 Å². The van der Waals surface area contributed by atoms with Crippen LogP contribution in [0.3, 0.4) is 0 Å². The predicted molar refractivity (Wildman–Crippen MR) is 112 cm³/mol. The second-order valence-corrected chi connectivity index (χ2v) is 6.77. The summed E-state index contributed by atoms with van der Waals surface area (Å²) in [5.41, 5.74) is 1.86. The van der Waals surface area contributed by atoms with Crippen LogP contribution < -0.4 is 4.90 Å². The van der Waals surface area contributed by atoms with Crippen LogP contribution in [0.4, 0.5) is 5.69 Å². The predicted octanol–water partition coefficient (Wildman–Crippen LogP) is 4.61. The highest BCUT2D eigenvalue weighted by Crippen LogP contribution is 2.28. The Kier molecular flexibility index (Phi) is 6.43. The van der Waals surface area contributed by atoms with Crippen LogP contribution in [0.1, 0.15) is 19.4 Å². The fraction of sp³-hybridized carbons (Fsp3) is 0.250. The first-order chi connectivity index (χ1) is 13.6. The number of rotatable bonds is 7. The van der Waals surface area contributed by atoms with Gasteiger partial charge in [-0.05, 0) is 30.4 Å². The average molecular weight is 375 g/mol. The van der Waals surface area contributed by atoms with Gasteiger partial charge in [-0.1, -0.05) is 66.7 Å². The Bertz CT molecular complexity index is 947. The summed E-state index contributed by atoms with van der Waals surface area (Å²) >= 11 is 0.